The summed E-state index contributed by atoms with van der Waals surface area (Å²) < 4.78 is 37.9. The number of alkyl halides is 3. The number of fused-ring (bicyclic) bond motifs is 1. The Morgan fingerprint density at radius 2 is 1.75 bits per heavy atom. The number of halogens is 5. The van der Waals surface area contributed by atoms with Crippen LogP contribution in [0, 0.1) is 18.3 Å². The fourth-order valence-electron chi connectivity index (χ4n) is 3.40. The standard InChI is InChI=1S/C18H18F3.2ClH.Zr/c1-2-12-10-14-4-3-5-16(17(14)11-12)13-6-8-15(9-7-13)18(19,20)21;;;/h3-10,12,16-17H,2,11H2,1H3;2*1H;/q-1;;;+3/p-2. The van der Waals surface area contributed by atoms with E-state index in [1.807, 2.05) is 6.08 Å². The second-order valence-corrected chi connectivity index (χ2v) is 5.87. The van der Waals surface area contributed by atoms with Crippen molar-refractivity contribution in [1.29, 1.82) is 0 Å². The third-order valence-electron chi connectivity index (χ3n) is 4.60. The van der Waals surface area contributed by atoms with Crippen LogP contribution in [0.25, 0.3) is 0 Å². The predicted molar refractivity (Wildman–Crippen MR) is 77.6 cm³/mol. The first-order chi connectivity index (χ1) is 9.99. The molecule has 0 saturated heterocycles. The number of rotatable bonds is 2. The van der Waals surface area contributed by atoms with E-state index in [2.05, 4.69) is 25.5 Å². The number of hydrogen-bond acceptors (Lipinski definition) is 0. The third-order valence-corrected chi connectivity index (χ3v) is 4.60. The minimum Gasteiger partial charge on any atom is -1.00 e. The zero-order chi connectivity index (χ0) is 15.0. The molecule has 24 heavy (non-hydrogen) atoms. The molecule has 1 radical (unpaired) electrons. The van der Waals surface area contributed by atoms with Gasteiger partial charge in [-0.1, -0.05) is 43.9 Å². The van der Waals surface area contributed by atoms with Crippen molar-refractivity contribution in [2.24, 2.45) is 11.8 Å². The molecule has 6 heteroatoms. The molecule has 129 valence electrons. The van der Waals surface area contributed by atoms with E-state index in [1.165, 1.54) is 17.7 Å². The average molecular weight is 453 g/mol. The molecular formula is C18H18Cl2F3Zr. The van der Waals surface area contributed by atoms with Crippen LogP contribution in [0.5, 0.6) is 0 Å². The monoisotopic (exact) mass is 451 g/mol. The van der Waals surface area contributed by atoms with Crippen molar-refractivity contribution in [1.82, 2.24) is 0 Å². The summed E-state index contributed by atoms with van der Waals surface area (Å²) >= 11 is 0. The molecule has 0 bridgehead atoms. The van der Waals surface area contributed by atoms with Crippen LogP contribution in [0.15, 0.2) is 48.1 Å². The topological polar surface area (TPSA) is 0 Å². The molecule has 2 aliphatic carbocycles. The van der Waals surface area contributed by atoms with Crippen molar-refractivity contribution in [3.63, 3.8) is 0 Å². The van der Waals surface area contributed by atoms with Crippen LogP contribution in [0.4, 0.5) is 13.2 Å². The molecule has 0 nitrogen and oxygen atoms in total. The van der Waals surface area contributed by atoms with Crippen LogP contribution in [-0.2, 0) is 32.4 Å². The Kier molecular flexibility index (Phi) is 9.43. The summed E-state index contributed by atoms with van der Waals surface area (Å²) in [5.74, 6) is 1.20. The molecule has 1 saturated carbocycles. The first-order valence-electron chi connectivity index (χ1n) is 7.39. The van der Waals surface area contributed by atoms with Gasteiger partial charge in [-0.3, -0.25) is 0 Å². The van der Waals surface area contributed by atoms with E-state index in [1.54, 1.807) is 12.1 Å². The maximum Gasteiger partial charge on any atom is 3.00 e. The van der Waals surface area contributed by atoms with Gasteiger partial charge in [0, 0.05) is 5.92 Å². The molecule has 3 rings (SSSR count). The Morgan fingerprint density at radius 3 is 2.29 bits per heavy atom. The molecule has 0 heterocycles. The van der Waals surface area contributed by atoms with Crippen molar-refractivity contribution in [2.75, 3.05) is 0 Å². The Labute approximate surface area is 172 Å². The zero-order valence-electron chi connectivity index (χ0n) is 13.2. The Bertz CT molecular complexity index is 579. The van der Waals surface area contributed by atoms with Gasteiger partial charge in [-0.15, -0.1) is 6.08 Å². The SMILES string of the molecule is CCC1[CH-]C2=CC=CC(c3ccc(C(F)(F)F)cc3)C2C1.[Cl-].[Cl-].[Zr+3]. The van der Waals surface area contributed by atoms with Crippen molar-refractivity contribution in [3.8, 4) is 0 Å². The van der Waals surface area contributed by atoms with Gasteiger partial charge in [-0.25, -0.2) is 18.1 Å². The minimum atomic E-state index is -4.26. The van der Waals surface area contributed by atoms with Gasteiger partial charge < -0.3 is 24.8 Å². The number of hydrogen-bond donors (Lipinski definition) is 0. The molecule has 0 N–H and O–H groups in total. The normalized spacial score (nSPS) is 24.5. The van der Waals surface area contributed by atoms with Gasteiger partial charge in [0.25, 0.3) is 0 Å². The molecule has 0 spiro atoms. The van der Waals surface area contributed by atoms with Crippen LogP contribution in [0.1, 0.15) is 36.8 Å². The molecule has 1 fully saturated rings. The Morgan fingerprint density at radius 1 is 1.12 bits per heavy atom. The summed E-state index contributed by atoms with van der Waals surface area (Å²) in [5, 5.41) is 0. The van der Waals surface area contributed by atoms with E-state index in [0.29, 0.717) is 11.8 Å². The molecular weight excluding hydrogens is 435 g/mol. The van der Waals surface area contributed by atoms with Crippen LogP contribution >= 0.6 is 0 Å². The average Bonchev–Trinajstić information content (AvgIpc) is 2.89. The smallest absolute Gasteiger partial charge is 1.00 e. The summed E-state index contributed by atoms with van der Waals surface area (Å²) in [7, 11) is 0. The molecule has 3 unspecified atom stereocenters. The van der Waals surface area contributed by atoms with Crippen LogP contribution in [0.3, 0.4) is 0 Å². The van der Waals surface area contributed by atoms with E-state index in [9.17, 15) is 13.2 Å². The maximum atomic E-state index is 12.6. The molecule has 0 aliphatic heterocycles. The first-order valence-corrected chi connectivity index (χ1v) is 7.39. The third kappa shape index (κ3) is 4.93. The van der Waals surface area contributed by atoms with E-state index in [4.69, 9.17) is 0 Å². The van der Waals surface area contributed by atoms with Crippen molar-refractivity contribution >= 4 is 0 Å². The van der Waals surface area contributed by atoms with E-state index < -0.39 is 11.7 Å². The van der Waals surface area contributed by atoms with Gasteiger partial charge in [0.05, 0.1) is 5.56 Å². The molecule has 0 aromatic heterocycles. The Hall–Kier alpha value is -0.177. The fourth-order valence-corrected chi connectivity index (χ4v) is 3.40. The molecule has 1 aromatic rings. The van der Waals surface area contributed by atoms with E-state index in [-0.39, 0.29) is 56.9 Å². The van der Waals surface area contributed by atoms with Gasteiger partial charge in [0.15, 0.2) is 0 Å². The largest absolute Gasteiger partial charge is 3.00 e. The maximum absolute atomic E-state index is 12.6. The number of allylic oxidation sites excluding steroid dienone is 4. The zero-order valence-corrected chi connectivity index (χ0v) is 17.1. The van der Waals surface area contributed by atoms with E-state index in [0.717, 1.165) is 18.4 Å². The first kappa shape index (κ1) is 23.8. The Balaban J connectivity index is 0.00000176. The predicted octanol–water partition coefficient (Wildman–Crippen LogP) is -0.459. The van der Waals surface area contributed by atoms with Gasteiger partial charge in [0.1, 0.15) is 0 Å². The molecule has 2 aliphatic rings. The number of benzene rings is 1. The van der Waals surface area contributed by atoms with Crippen LogP contribution in [0.2, 0.25) is 0 Å². The quantitative estimate of drug-likeness (QED) is 0.532. The second kappa shape index (κ2) is 9.50. The van der Waals surface area contributed by atoms with Gasteiger partial charge in [-0.2, -0.15) is 13.2 Å². The summed E-state index contributed by atoms with van der Waals surface area (Å²) in [6.07, 6.45) is 6.56. The van der Waals surface area contributed by atoms with Crippen molar-refractivity contribution < 1.29 is 64.2 Å². The summed E-state index contributed by atoms with van der Waals surface area (Å²) in [4.78, 5) is 0. The van der Waals surface area contributed by atoms with Crippen LogP contribution in [-0.4, -0.2) is 0 Å². The van der Waals surface area contributed by atoms with Crippen molar-refractivity contribution in [2.45, 2.75) is 31.9 Å². The molecule has 1 aromatic carbocycles. The minimum absolute atomic E-state index is 0. The van der Waals surface area contributed by atoms with Crippen LogP contribution < -0.4 is 24.8 Å². The summed E-state index contributed by atoms with van der Waals surface area (Å²) in [6.45, 7) is 2.18. The van der Waals surface area contributed by atoms with Gasteiger partial charge >= 0.3 is 32.4 Å². The summed E-state index contributed by atoms with van der Waals surface area (Å²) in [5.41, 5.74) is 1.74. The fraction of sp³-hybridized carbons (Fsp3) is 0.389. The van der Waals surface area contributed by atoms with E-state index >= 15 is 0 Å². The van der Waals surface area contributed by atoms with Gasteiger partial charge in [0.2, 0.25) is 0 Å². The van der Waals surface area contributed by atoms with Crippen molar-refractivity contribution in [3.05, 3.63) is 65.6 Å². The molecule has 0 amide bonds. The van der Waals surface area contributed by atoms with Gasteiger partial charge in [-0.05, 0) is 23.6 Å². The second-order valence-electron chi connectivity index (χ2n) is 5.87. The molecule has 3 atom stereocenters. The summed E-state index contributed by atoms with van der Waals surface area (Å²) in [6, 6.07) is 5.63.